The average molecular weight is 441 g/mol. The van der Waals surface area contributed by atoms with Crippen LogP contribution >= 0.6 is 23.2 Å². The molecule has 6 nitrogen and oxygen atoms in total. The van der Waals surface area contributed by atoms with Crippen LogP contribution in [0.4, 0.5) is 17.1 Å². The lowest BCUT2D eigenvalue weighted by Gasteiger charge is -2.15. The van der Waals surface area contributed by atoms with Gasteiger partial charge in [0.1, 0.15) is 6.29 Å². The molecule has 0 unspecified atom stereocenters. The van der Waals surface area contributed by atoms with Crippen LogP contribution in [0.1, 0.15) is 0 Å². The van der Waals surface area contributed by atoms with Crippen LogP contribution in [0.15, 0.2) is 60.7 Å². The van der Waals surface area contributed by atoms with E-state index in [9.17, 15) is 0 Å². The monoisotopic (exact) mass is 440 g/mol. The molecule has 0 fully saturated rings. The van der Waals surface area contributed by atoms with Gasteiger partial charge in [-0.05, 0) is 42.5 Å². The number of hydrogen-bond donors (Lipinski definition) is 5. The van der Waals surface area contributed by atoms with Crippen LogP contribution in [-0.2, 0) is 0 Å². The fourth-order valence-corrected chi connectivity index (χ4v) is 3.63. The van der Waals surface area contributed by atoms with E-state index in [0.717, 1.165) is 38.9 Å². The van der Waals surface area contributed by atoms with Crippen molar-refractivity contribution in [1.29, 1.82) is 0 Å². The van der Waals surface area contributed by atoms with Crippen molar-refractivity contribution in [3.05, 3.63) is 70.7 Å². The summed E-state index contributed by atoms with van der Waals surface area (Å²) in [6, 6.07) is 19.6. The predicted octanol–water partition coefficient (Wildman–Crippen LogP) is 4.64. The van der Waals surface area contributed by atoms with Gasteiger partial charge >= 0.3 is 0 Å². The SMILES string of the molecule is NC(N)NCCNc1c2ccccc2nc2cc(Nc3ccc(Cl)c(Cl)c3)ccc12. The Balaban J connectivity index is 1.69. The maximum Gasteiger partial charge on any atom is 0.106 e. The lowest BCUT2D eigenvalue weighted by molar-refractivity contribution is 0.558. The summed E-state index contributed by atoms with van der Waals surface area (Å²) in [6.45, 7) is 1.32. The van der Waals surface area contributed by atoms with Crippen LogP contribution in [0.25, 0.3) is 21.8 Å². The molecule has 1 aromatic heterocycles. The summed E-state index contributed by atoms with van der Waals surface area (Å²) in [5, 5.41) is 13.0. The molecule has 0 aliphatic rings. The summed E-state index contributed by atoms with van der Waals surface area (Å²) in [6.07, 6.45) is -0.535. The summed E-state index contributed by atoms with van der Waals surface area (Å²) in [5.41, 5.74) is 15.7. The fourth-order valence-electron chi connectivity index (χ4n) is 3.33. The molecule has 0 amide bonds. The third kappa shape index (κ3) is 4.59. The molecule has 8 heteroatoms. The van der Waals surface area contributed by atoms with Crippen molar-refractivity contribution in [1.82, 2.24) is 10.3 Å². The first-order valence-corrected chi connectivity index (χ1v) is 10.3. The molecule has 0 aliphatic carbocycles. The molecule has 4 rings (SSSR count). The molecule has 0 atom stereocenters. The van der Waals surface area contributed by atoms with E-state index < -0.39 is 6.29 Å². The van der Waals surface area contributed by atoms with Crippen LogP contribution in [0, 0.1) is 0 Å². The highest BCUT2D eigenvalue weighted by Crippen LogP contribution is 2.33. The van der Waals surface area contributed by atoms with Gasteiger partial charge in [0.05, 0.1) is 26.8 Å². The average Bonchev–Trinajstić information content (AvgIpc) is 2.73. The number of benzene rings is 3. The predicted molar refractivity (Wildman–Crippen MR) is 128 cm³/mol. The fraction of sp³-hybridized carbons (Fsp3) is 0.136. The second-order valence-corrected chi connectivity index (χ2v) is 7.71. The first-order valence-electron chi connectivity index (χ1n) is 9.54. The Morgan fingerprint density at radius 3 is 2.33 bits per heavy atom. The minimum absolute atomic E-state index is 0.504. The number of nitrogens with two attached hydrogens (primary N) is 2. The second-order valence-electron chi connectivity index (χ2n) is 6.90. The number of para-hydroxylation sites is 1. The van der Waals surface area contributed by atoms with Crippen molar-refractivity contribution in [2.45, 2.75) is 6.29 Å². The quantitative estimate of drug-likeness (QED) is 0.163. The number of halogens is 2. The van der Waals surface area contributed by atoms with Gasteiger partial charge in [-0.15, -0.1) is 0 Å². The standard InChI is InChI=1S/C22H22Cl2N6/c23-17-8-6-13(11-18(17)24)29-14-5-7-16-20(12-14)30-19-4-2-1-3-15(19)21(16)27-9-10-28-22(25)26/h1-8,11-12,22,28-29H,9-10,25-26H2,(H,27,30). The first kappa shape index (κ1) is 20.7. The maximum absolute atomic E-state index is 6.13. The molecule has 30 heavy (non-hydrogen) atoms. The van der Waals surface area contributed by atoms with Crippen molar-refractivity contribution in [3.63, 3.8) is 0 Å². The van der Waals surface area contributed by atoms with Crippen molar-refractivity contribution >= 4 is 62.1 Å². The van der Waals surface area contributed by atoms with Crippen LogP contribution in [0.2, 0.25) is 10.0 Å². The third-order valence-corrected chi connectivity index (χ3v) is 5.44. The third-order valence-electron chi connectivity index (χ3n) is 4.70. The Morgan fingerprint density at radius 2 is 1.53 bits per heavy atom. The van der Waals surface area contributed by atoms with Crippen molar-refractivity contribution in [2.24, 2.45) is 11.5 Å². The largest absolute Gasteiger partial charge is 0.383 e. The molecule has 0 spiro atoms. The summed E-state index contributed by atoms with van der Waals surface area (Å²) >= 11 is 12.1. The Bertz CT molecular complexity index is 1200. The van der Waals surface area contributed by atoms with Gasteiger partial charge < -0.3 is 22.1 Å². The molecule has 0 saturated heterocycles. The lowest BCUT2D eigenvalue weighted by Crippen LogP contribution is -2.46. The van der Waals surface area contributed by atoms with E-state index in [0.29, 0.717) is 23.1 Å². The highest BCUT2D eigenvalue weighted by molar-refractivity contribution is 6.42. The molecule has 0 radical (unpaired) electrons. The smallest absolute Gasteiger partial charge is 0.106 e. The van der Waals surface area contributed by atoms with E-state index in [4.69, 9.17) is 39.7 Å². The summed E-state index contributed by atoms with van der Waals surface area (Å²) in [7, 11) is 0. The van der Waals surface area contributed by atoms with Crippen LogP contribution in [-0.4, -0.2) is 24.4 Å². The van der Waals surface area contributed by atoms with E-state index in [1.165, 1.54) is 0 Å². The van der Waals surface area contributed by atoms with Gasteiger partial charge in [0, 0.05) is 35.2 Å². The Morgan fingerprint density at radius 1 is 0.800 bits per heavy atom. The number of nitrogens with one attached hydrogen (secondary N) is 3. The molecule has 154 valence electrons. The number of anilines is 3. The molecule has 7 N–H and O–H groups in total. The zero-order valence-corrected chi connectivity index (χ0v) is 17.6. The first-order chi connectivity index (χ1) is 14.5. The Labute approximate surface area is 184 Å². The minimum Gasteiger partial charge on any atom is -0.383 e. The van der Waals surface area contributed by atoms with Gasteiger partial charge in [-0.3, -0.25) is 5.32 Å². The summed E-state index contributed by atoms with van der Waals surface area (Å²) < 4.78 is 0. The van der Waals surface area contributed by atoms with Crippen molar-refractivity contribution in [2.75, 3.05) is 23.7 Å². The zero-order valence-electron chi connectivity index (χ0n) is 16.1. The van der Waals surface area contributed by atoms with E-state index in [-0.39, 0.29) is 0 Å². The van der Waals surface area contributed by atoms with Gasteiger partial charge in [0.25, 0.3) is 0 Å². The van der Waals surface area contributed by atoms with E-state index in [1.807, 2.05) is 36.4 Å². The van der Waals surface area contributed by atoms with Gasteiger partial charge in [0.15, 0.2) is 0 Å². The van der Waals surface area contributed by atoms with Crippen LogP contribution in [0.3, 0.4) is 0 Å². The molecule has 0 aliphatic heterocycles. The second kappa shape index (κ2) is 9.04. The topological polar surface area (TPSA) is 101 Å². The van der Waals surface area contributed by atoms with Gasteiger partial charge in [-0.1, -0.05) is 41.4 Å². The van der Waals surface area contributed by atoms with E-state index >= 15 is 0 Å². The van der Waals surface area contributed by atoms with E-state index in [1.54, 1.807) is 12.1 Å². The van der Waals surface area contributed by atoms with Crippen molar-refractivity contribution in [3.8, 4) is 0 Å². The van der Waals surface area contributed by atoms with Gasteiger partial charge in [-0.25, -0.2) is 4.98 Å². The van der Waals surface area contributed by atoms with Gasteiger partial charge in [-0.2, -0.15) is 0 Å². The van der Waals surface area contributed by atoms with E-state index in [2.05, 4.69) is 28.1 Å². The number of fused-ring (bicyclic) bond motifs is 2. The molecular weight excluding hydrogens is 419 g/mol. The molecule has 1 heterocycles. The normalized spacial score (nSPS) is 11.4. The zero-order chi connectivity index (χ0) is 21.1. The number of nitrogens with zero attached hydrogens (tertiary/aromatic N) is 1. The number of rotatable bonds is 7. The number of pyridine rings is 1. The molecule has 4 aromatic rings. The highest BCUT2D eigenvalue weighted by Gasteiger charge is 2.10. The summed E-state index contributed by atoms with van der Waals surface area (Å²) in [5.74, 6) is 0. The number of aromatic nitrogens is 1. The maximum atomic E-state index is 6.13. The number of hydrogen-bond acceptors (Lipinski definition) is 6. The lowest BCUT2D eigenvalue weighted by atomic mass is 10.1. The van der Waals surface area contributed by atoms with Gasteiger partial charge in [0.2, 0.25) is 0 Å². The minimum atomic E-state index is -0.535. The summed E-state index contributed by atoms with van der Waals surface area (Å²) in [4.78, 5) is 4.85. The molecule has 3 aromatic carbocycles. The Hall–Kier alpha value is -2.61. The van der Waals surface area contributed by atoms with Crippen molar-refractivity contribution < 1.29 is 0 Å². The molecule has 0 bridgehead atoms. The molecular formula is C22H22Cl2N6. The van der Waals surface area contributed by atoms with Crippen LogP contribution < -0.4 is 27.4 Å². The molecule has 0 saturated carbocycles. The van der Waals surface area contributed by atoms with Crippen LogP contribution in [0.5, 0.6) is 0 Å². The highest BCUT2D eigenvalue weighted by atomic mass is 35.5. The Kier molecular flexibility index (Phi) is 6.22.